The lowest BCUT2D eigenvalue weighted by Gasteiger charge is -2.49. The van der Waals surface area contributed by atoms with E-state index in [-0.39, 0.29) is 24.7 Å². The lowest BCUT2D eigenvalue weighted by atomic mass is 9.51. The summed E-state index contributed by atoms with van der Waals surface area (Å²) in [4.78, 5) is 58.8. The zero-order chi connectivity index (χ0) is 37.1. The molecule has 4 aromatic carbocycles. The van der Waals surface area contributed by atoms with E-state index < -0.39 is 87.8 Å². The number of rotatable bonds is 3. The summed E-state index contributed by atoms with van der Waals surface area (Å²) >= 11 is 0. The van der Waals surface area contributed by atoms with Crippen LogP contribution in [0.3, 0.4) is 0 Å². The second-order valence-electron chi connectivity index (χ2n) is 14.0. The first-order valence-electron chi connectivity index (χ1n) is 16.5. The second-order valence-corrected chi connectivity index (χ2v) is 14.0. The van der Waals surface area contributed by atoms with Gasteiger partial charge in [0.05, 0.1) is 45.7 Å². The quantitative estimate of drug-likeness (QED) is 0.132. The number of fused-ring (bicyclic) bond motifs is 5. The van der Waals surface area contributed by atoms with Crippen molar-refractivity contribution in [2.75, 3.05) is 9.80 Å². The molecule has 13 heteroatoms. The molecule has 266 valence electrons. The van der Waals surface area contributed by atoms with Crippen LogP contribution < -0.4 is 9.80 Å². The molecule has 2 aliphatic carbocycles. The molecule has 1 saturated carbocycles. The topological polar surface area (TPSA) is 95.0 Å². The molecule has 2 heterocycles. The Kier molecular flexibility index (Phi) is 7.30. The van der Waals surface area contributed by atoms with Crippen molar-refractivity contribution in [3.05, 3.63) is 113 Å². The van der Waals surface area contributed by atoms with E-state index in [0.29, 0.717) is 44.6 Å². The first-order chi connectivity index (χ1) is 24.5. The lowest BCUT2D eigenvalue weighted by Crippen LogP contribution is -2.49. The number of para-hydroxylation sites is 1. The van der Waals surface area contributed by atoms with Crippen LogP contribution in [0, 0.1) is 29.1 Å². The van der Waals surface area contributed by atoms with E-state index in [0.717, 1.165) is 4.90 Å². The molecular weight excluding hydrogens is 690 g/mol. The first kappa shape index (κ1) is 33.7. The number of anilines is 2. The van der Waals surface area contributed by atoms with Gasteiger partial charge in [-0.2, -0.15) is 26.3 Å². The van der Waals surface area contributed by atoms with Gasteiger partial charge in [-0.05, 0) is 73.0 Å². The molecule has 2 saturated heterocycles. The minimum absolute atomic E-state index is 0.0302. The maximum atomic E-state index is 14.7. The molecule has 8 rings (SSSR count). The van der Waals surface area contributed by atoms with Gasteiger partial charge in [-0.15, -0.1) is 0 Å². The Bertz CT molecular complexity index is 2220. The molecule has 52 heavy (non-hydrogen) atoms. The average Bonchev–Trinajstić information content (AvgIpc) is 3.47. The van der Waals surface area contributed by atoms with Gasteiger partial charge in [-0.3, -0.25) is 19.2 Å². The Labute approximate surface area is 292 Å². The highest BCUT2D eigenvalue weighted by molar-refractivity contribution is 6.25. The van der Waals surface area contributed by atoms with E-state index in [4.69, 9.17) is 0 Å². The third-order valence-electron chi connectivity index (χ3n) is 11.4. The number of halogens is 6. The van der Waals surface area contributed by atoms with Crippen LogP contribution >= 0.6 is 0 Å². The number of amides is 4. The number of alkyl halides is 6. The molecule has 6 atom stereocenters. The number of nitrogens with zero attached hydrogens (tertiary/aromatic N) is 2. The highest BCUT2D eigenvalue weighted by atomic mass is 19.4. The number of hydrogen-bond donors (Lipinski definition) is 1. The fourth-order valence-electron chi connectivity index (χ4n) is 9.06. The van der Waals surface area contributed by atoms with Gasteiger partial charge < -0.3 is 5.11 Å². The van der Waals surface area contributed by atoms with Crippen molar-refractivity contribution in [3.8, 4) is 5.75 Å². The number of allylic oxidation sites excluding steroid dienone is 2. The van der Waals surface area contributed by atoms with E-state index in [1.54, 1.807) is 73.7 Å². The van der Waals surface area contributed by atoms with Gasteiger partial charge in [0.15, 0.2) is 0 Å². The number of imide groups is 2. The van der Waals surface area contributed by atoms with Gasteiger partial charge in [0, 0.05) is 11.3 Å². The molecule has 4 aliphatic rings. The molecule has 1 N–H and O–H groups in total. The Hall–Kier alpha value is -5.46. The van der Waals surface area contributed by atoms with Crippen molar-refractivity contribution < 1.29 is 50.6 Å². The molecule has 0 bridgehead atoms. The monoisotopic (exact) mass is 718 g/mol. The fraction of sp³-hybridized carbons (Fsp3) is 0.282. The molecule has 4 aromatic rings. The maximum absolute atomic E-state index is 14.7. The summed E-state index contributed by atoms with van der Waals surface area (Å²) in [5.74, 6) is -8.12. The minimum atomic E-state index is -5.21. The van der Waals surface area contributed by atoms with Gasteiger partial charge in [-0.1, -0.05) is 60.2 Å². The summed E-state index contributed by atoms with van der Waals surface area (Å²) in [5, 5.41) is 11.8. The highest BCUT2D eigenvalue weighted by Crippen LogP contribution is 2.64. The predicted octanol–water partition coefficient (Wildman–Crippen LogP) is 8.02. The Morgan fingerprint density at radius 1 is 0.692 bits per heavy atom. The average molecular weight is 719 g/mol. The van der Waals surface area contributed by atoms with Crippen LogP contribution in [0.1, 0.15) is 42.4 Å². The summed E-state index contributed by atoms with van der Waals surface area (Å²) in [6.45, 7) is 1.69. The number of phenols is 1. The van der Waals surface area contributed by atoms with Crippen molar-refractivity contribution in [1.29, 1.82) is 0 Å². The van der Waals surface area contributed by atoms with Gasteiger partial charge in [0.25, 0.3) is 0 Å². The normalized spacial score (nSPS) is 27.5. The Morgan fingerprint density at radius 3 is 1.94 bits per heavy atom. The molecular formula is C39H28F6N2O5. The Morgan fingerprint density at radius 2 is 1.31 bits per heavy atom. The molecule has 0 radical (unpaired) electrons. The summed E-state index contributed by atoms with van der Waals surface area (Å²) in [6, 6.07) is 19.0. The summed E-state index contributed by atoms with van der Waals surface area (Å²) in [7, 11) is 0. The zero-order valence-corrected chi connectivity index (χ0v) is 27.2. The minimum Gasteiger partial charge on any atom is -0.507 e. The van der Waals surface area contributed by atoms with E-state index in [9.17, 15) is 50.6 Å². The van der Waals surface area contributed by atoms with E-state index >= 15 is 0 Å². The molecule has 7 nitrogen and oxygen atoms in total. The smallest absolute Gasteiger partial charge is 0.416 e. The number of benzene rings is 4. The summed E-state index contributed by atoms with van der Waals surface area (Å²) in [6.07, 6.45) is -8.85. The Balaban J connectivity index is 1.29. The van der Waals surface area contributed by atoms with Crippen molar-refractivity contribution in [1.82, 2.24) is 0 Å². The fourth-order valence-corrected chi connectivity index (χ4v) is 9.06. The predicted molar refractivity (Wildman–Crippen MR) is 176 cm³/mol. The van der Waals surface area contributed by atoms with Crippen molar-refractivity contribution in [2.24, 2.45) is 29.1 Å². The van der Waals surface area contributed by atoms with Crippen LogP contribution in [0.15, 0.2) is 96.6 Å². The molecule has 2 aliphatic heterocycles. The van der Waals surface area contributed by atoms with Crippen molar-refractivity contribution >= 4 is 45.8 Å². The number of carbonyl (C=O) groups is 4. The third-order valence-corrected chi connectivity index (χ3v) is 11.4. The van der Waals surface area contributed by atoms with Crippen molar-refractivity contribution in [3.63, 3.8) is 0 Å². The van der Waals surface area contributed by atoms with Crippen LogP contribution in [0.5, 0.6) is 5.75 Å². The molecule has 0 aromatic heterocycles. The zero-order valence-electron chi connectivity index (χ0n) is 27.2. The molecule has 3 fully saturated rings. The first-order valence-corrected chi connectivity index (χ1v) is 16.5. The lowest BCUT2D eigenvalue weighted by molar-refractivity contribution is -0.143. The van der Waals surface area contributed by atoms with E-state index in [1.165, 1.54) is 6.07 Å². The highest BCUT2D eigenvalue weighted by Gasteiger charge is 2.68. The second kappa shape index (κ2) is 11.3. The van der Waals surface area contributed by atoms with Crippen LogP contribution in [0.25, 0.3) is 10.8 Å². The van der Waals surface area contributed by atoms with Gasteiger partial charge in [0.1, 0.15) is 5.75 Å². The maximum Gasteiger partial charge on any atom is 0.416 e. The largest absolute Gasteiger partial charge is 0.507 e. The van der Waals surface area contributed by atoms with E-state index in [2.05, 4.69) is 0 Å². The van der Waals surface area contributed by atoms with Crippen LogP contribution in [-0.4, -0.2) is 28.7 Å². The summed E-state index contributed by atoms with van der Waals surface area (Å²) in [5.41, 5.74) is -4.14. The van der Waals surface area contributed by atoms with Crippen LogP contribution in [-0.2, 0) is 31.5 Å². The SMILES string of the molecule is C[C@@]12C(=O)N(c3ccccc3)C(=O)[C@@H]1C[C@@H]1C(=CC[C@@H]3C(=O)N(c4cc(C(F)(F)F)cc(C(F)(F)F)c4)C(=O)[C@@H]31)[C@@H]2c1ccc(O)c2ccccc12. The molecule has 0 unspecified atom stereocenters. The van der Waals surface area contributed by atoms with E-state index in [1.807, 2.05) is 0 Å². The van der Waals surface area contributed by atoms with Crippen LogP contribution in [0.4, 0.5) is 37.7 Å². The standard InChI is InChI=1S/C39H28F6N2O5/c1-37-29(34(50)47(36(37)52)21-7-3-2-4-8-21)18-28-26(32(37)25-13-14-30(48)24-10-6-5-9-23(24)25)11-12-27-31(28)35(51)46(33(27)49)22-16-19(38(40,41)42)15-20(17-22)39(43,44)45/h2-11,13-17,27-29,31-32,48H,12,18H2,1H3/t27-,28+,29-,31-,32-,37+/m0/s1. The van der Waals surface area contributed by atoms with Gasteiger partial charge in [0.2, 0.25) is 23.6 Å². The number of carbonyl (C=O) groups excluding carboxylic acids is 4. The van der Waals surface area contributed by atoms with Crippen LogP contribution in [0.2, 0.25) is 0 Å². The number of phenolic OH excluding ortho intramolecular Hbond substituents is 1. The van der Waals surface area contributed by atoms with Crippen molar-refractivity contribution in [2.45, 2.75) is 38.0 Å². The van der Waals surface area contributed by atoms with Gasteiger partial charge in [-0.25, -0.2) is 9.80 Å². The molecule has 0 spiro atoms. The third kappa shape index (κ3) is 4.73. The number of hydrogen-bond acceptors (Lipinski definition) is 5. The summed E-state index contributed by atoms with van der Waals surface area (Å²) < 4.78 is 82.9. The molecule has 4 amide bonds. The number of aromatic hydroxyl groups is 1. The van der Waals surface area contributed by atoms with Gasteiger partial charge >= 0.3 is 12.4 Å².